The molecule has 126 valence electrons. The molecule has 1 aliphatic heterocycles. The van der Waals surface area contributed by atoms with E-state index in [-0.39, 0.29) is 18.0 Å². The van der Waals surface area contributed by atoms with Crippen molar-refractivity contribution in [1.29, 1.82) is 0 Å². The molecule has 1 amide bonds. The van der Waals surface area contributed by atoms with Crippen molar-refractivity contribution in [1.82, 2.24) is 20.1 Å². The lowest BCUT2D eigenvalue weighted by Gasteiger charge is -2.27. The van der Waals surface area contributed by atoms with Crippen molar-refractivity contribution in [3.8, 4) is 0 Å². The first-order valence-electron chi connectivity index (χ1n) is 7.80. The number of amides is 1. The van der Waals surface area contributed by atoms with Gasteiger partial charge in [-0.2, -0.15) is 5.10 Å². The zero-order valence-corrected chi connectivity index (χ0v) is 13.2. The molecule has 8 nitrogen and oxygen atoms in total. The van der Waals surface area contributed by atoms with Crippen LogP contribution in [0.25, 0.3) is 0 Å². The number of carbonyl (C=O) groups is 1. The van der Waals surface area contributed by atoms with Gasteiger partial charge in [-0.05, 0) is 18.2 Å². The number of morpholine rings is 1. The lowest BCUT2D eigenvalue weighted by molar-refractivity contribution is -0.122. The van der Waals surface area contributed by atoms with Gasteiger partial charge in [-0.25, -0.2) is 4.68 Å². The Hall–Kier alpha value is -2.74. The summed E-state index contributed by atoms with van der Waals surface area (Å²) < 4.78 is 6.48. The van der Waals surface area contributed by atoms with Crippen LogP contribution in [0.5, 0.6) is 0 Å². The first-order chi connectivity index (χ1) is 11.7. The van der Waals surface area contributed by atoms with Crippen LogP contribution >= 0.6 is 0 Å². The largest absolute Gasteiger partial charge is 0.378 e. The number of hydrogen-bond donors (Lipinski definition) is 1. The second-order valence-corrected chi connectivity index (χ2v) is 5.38. The normalized spacial score (nSPS) is 14.4. The molecule has 1 fully saturated rings. The van der Waals surface area contributed by atoms with Crippen molar-refractivity contribution >= 4 is 11.7 Å². The Labute approximate surface area is 139 Å². The van der Waals surface area contributed by atoms with E-state index in [0.29, 0.717) is 25.6 Å². The lowest BCUT2D eigenvalue weighted by Crippen LogP contribution is -2.39. The Morgan fingerprint density at radius 2 is 2.04 bits per heavy atom. The maximum absolute atomic E-state index is 12.1. The van der Waals surface area contributed by atoms with Gasteiger partial charge in [-0.15, -0.1) is 0 Å². The molecule has 24 heavy (non-hydrogen) atoms. The average molecular weight is 329 g/mol. The van der Waals surface area contributed by atoms with Crippen LogP contribution in [0.2, 0.25) is 0 Å². The second-order valence-electron chi connectivity index (χ2n) is 5.38. The number of pyridine rings is 1. The molecule has 3 heterocycles. The van der Waals surface area contributed by atoms with E-state index in [9.17, 15) is 9.59 Å². The van der Waals surface area contributed by atoms with E-state index in [2.05, 4.69) is 15.4 Å². The van der Waals surface area contributed by atoms with E-state index in [1.165, 1.54) is 10.7 Å². The molecule has 0 unspecified atom stereocenters. The quantitative estimate of drug-likeness (QED) is 0.816. The minimum atomic E-state index is -0.306. The highest BCUT2D eigenvalue weighted by Gasteiger charge is 2.14. The van der Waals surface area contributed by atoms with Gasteiger partial charge in [0.1, 0.15) is 12.4 Å². The smallest absolute Gasteiger partial charge is 0.267 e. The van der Waals surface area contributed by atoms with Crippen LogP contribution in [0.1, 0.15) is 5.69 Å². The van der Waals surface area contributed by atoms with Crippen LogP contribution in [0.4, 0.5) is 5.82 Å². The summed E-state index contributed by atoms with van der Waals surface area (Å²) in [7, 11) is 0. The molecule has 1 aliphatic rings. The topological polar surface area (TPSA) is 89.4 Å². The molecule has 0 bridgehead atoms. The van der Waals surface area contributed by atoms with Crippen LogP contribution in [-0.2, 0) is 22.6 Å². The third-order valence-electron chi connectivity index (χ3n) is 3.67. The maximum atomic E-state index is 12.1. The summed E-state index contributed by atoms with van der Waals surface area (Å²) in [6.45, 7) is 2.90. The van der Waals surface area contributed by atoms with Crippen molar-refractivity contribution in [2.45, 2.75) is 13.1 Å². The van der Waals surface area contributed by atoms with E-state index in [1.807, 2.05) is 23.1 Å². The Morgan fingerprint density at radius 1 is 1.21 bits per heavy atom. The Bertz CT molecular complexity index is 741. The molecule has 0 aromatic carbocycles. The average Bonchev–Trinajstić information content (AvgIpc) is 2.63. The van der Waals surface area contributed by atoms with Gasteiger partial charge in [0.15, 0.2) is 0 Å². The number of rotatable bonds is 5. The van der Waals surface area contributed by atoms with Crippen molar-refractivity contribution in [3.63, 3.8) is 0 Å². The number of ether oxygens (including phenoxy) is 1. The molecule has 0 saturated carbocycles. The number of aromatic nitrogens is 3. The van der Waals surface area contributed by atoms with Crippen LogP contribution in [0.3, 0.4) is 0 Å². The van der Waals surface area contributed by atoms with Gasteiger partial charge < -0.3 is 15.0 Å². The van der Waals surface area contributed by atoms with Gasteiger partial charge in [0.25, 0.3) is 5.56 Å². The number of nitrogens with one attached hydrogen (secondary N) is 1. The van der Waals surface area contributed by atoms with Crippen molar-refractivity contribution in [3.05, 3.63) is 52.6 Å². The van der Waals surface area contributed by atoms with Crippen LogP contribution in [-0.4, -0.2) is 47.0 Å². The first kappa shape index (κ1) is 16.1. The van der Waals surface area contributed by atoms with Gasteiger partial charge in [-0.3, -0.25) is 14.6 Å². The van der Waals surface area contributed by atoms with Crippen molar-refractivity contribution in [2.75, 3.05) is 31.2 Å². The van der Waals surface area contributed by atoms with Crippen molar-refractivity contribution < 1.29 is 9.53 Å². The number of nitrogens with zero attached hydrogens (tertiary/aromatic N) is 4. The van der Waals surface area contributed by atoms with E-state index < -0.39 is 0 Å². The lowest BCUT2D eigenvalue weighted by atomic mass is 10.3. The molecule has 0 atom stereocenters. The number of anilines is 1. The zero-order chi connectivity index (χ0) is 16.8. The van der Waals surface area contributed by atoms with Gasteiger partial charge >= 0.3 is 0 Å². The molecule has 1 saturated heterocycles. The molecular weight excluding hydrogens is 310 g/mol. The van der Waals surface area contributed by atoms with E-state index in [0.717, 1.165) is 18.8 Å². The summed E-state index contributed by atoms with van der Waals surface area (Å²) in [4.78, 5) is 30.1. The maximum Gasteiger partial charge on any atom is 0.267 e. The standard InChI is InChI=1S/C16H19N5O3/c22-15(18-11-13-3-1-2-6-17-13)12-21-16(23)5-4-14(19-21)20-7-9-24-10-8-20/h1-6H,7-12H2,(H,18,22). The Kier molecular flexibility index (Phi) is 5.17. The van der Waals surface area contributed by atoms with Crippen LogP contribution in [0, 0.1) is 0 Å². The molecule has 8 heteroatoms. The molecule has 0 radical (unpaired) electrons. The summed E-state index contributed by atoms with van der Waals surface area (Å²) >= 11 is 0. The molecule has 1 N–H and O–H groups in total. The third kappa shape index (κ3) is 4.17. The summed E-state index contributed by atoms with van der Waals surface area (Å²) in [5.41, 5.74) is 0.452. The first-order valence-corrected chi connectivity index (χ1v) is 7.80. The summed E-state index contributed by atoms with van der Waals surface area (Å²) in [6.07, 6.45) is 1.67. The highest BCUT2D eigenvalue weighted by Crippen LogP contribution is 2.09. The SMILES string of the molecule is O=C(Cn1nc(N2CCOCC2)ccc1=O)NCc1ccccn1. The molecule has 2 aromatic rings. The summed E-state index contributed by atoms with van der Waals surface area (Å²) in [5, 5.41) is 7.03. The fourth-order valence-corrected chi connectivity index (χ4v) is 2.40. The van der Waals surface area contributed by atoms with E-state index in [4.69, 9.17) is 4.74 Å². The van der Waals surface area contributed by atoms with Crippen LogP contribution < -0.4 is 15.8 Å². The van der Waals surface area contributed by atoms with Gasteiger partial charge in [-0.1, -0.05) is 6.07 Å². The third-order valence-corrected chi connectivity index (χ3v) is 3.67. The minimum absolute atomic E-state index is 0.121. The van der Waals surface area contributed by atoms with Crippen molar-refractivity contribution in [2.24, 2.45) is 0 Å². The number of carbonyl (C=O) groups excluding carboxylic acids is 1. The fourth-order valence-electron chi connectivity index (χ4n) is 2.40. The molecular formula is C16H19N5O3. The Balaban J connectivity index is 1.63. The minimum Gasteiger partial charge on any atom is -0.378 e. The fraction of sp³-hybridized carbons (Fsp3) is 0.375. The van der Waals surface area contributed by atoms with Crippen LogP contribution in [0.15, 0.2) is 41.3 Å². The zero-order valence-electron chi connectivity index (χ0n) is 13.2. The molecule has 0 spiro atoms. The molecule has 0 aliphatic carbocycles. The van der Waals surface area contributed by atoms with E-state index >= 15 is 0 Å². The highest BCUT2D eigenvalue weighted by molar-refractivity contribution is 5.75. The molecule has 2 aromatic heterocycles. The predicted octanol–water partition coefficient (Wildman–Crippen LogP) is -0.209. The summed E-state index contributed by atoms with van der Waals surface area (Å²) in [6, 6.07) is 8.60. The number of hydrogen-bond acceptors (Lipinski definition) is 6. The predicted molar refractivity (Wildman–Crippen MR) is 87.6 cm³/mol. The van der Waals surface area contributed by atoms with Gasteiger partial charge in [0.2, 0.25) is 5.91 Å². The van der Waals surface area contributed by atoms with E-state index in [1.54, 1.807) is 12.3 Å². The Morgan fingerprint density at radius 3 is 2.79 bits per heavy atom. The van der Waals surface area contributed by atoms with Gasteiger partial charge in [0, 0.05) is 25.4 Å². The second kappa shape index (κ2) is 7.69. The van der Waals surface area contributed by atoms with Gasteiger partial charge in [0.05, 0.1) is 25.5 Å². The molecule has 3 rings (SSSR count). The highest BCUT2D eigenvalue weighted by atomic mass is 16.5. The monoisotopic (exact) mass is 329 g/mol. The summed E-state index contributed by atoms with van der Waals surface area (Å²) in [5.74, 6) is 0.393.